The number of hydrogen-bond acceptors (Lipinski definition) is 7. The number of nitrogens with one attached hydrogen (secondary N) is 1. The molecule has 2 aromatic rings. The molecule has 0 saturated heterocycles. The molecule has 0 fully saturated rings. The van der Waals surface area contributed by atoms with Crippen LogP contribution in [-0.2, 0) is 10.0 Å². The van der Waals surface area contributed by atoms with Crippen molar-refractivity contribution >= 4 is 39.0 Å². The van der Waals surface area contributed by atoms with Crippen molar-refractivity contribution in [3.05, 3.63) is 39.8 Å². The molecule has 0 aliphatic heterocycles. The lowest BCUT2D eigenvalue weighted by Gasteiger charge is -2.06. The summed E-state index contributed by atoms with van der Waals surface area (Å²) in [6.45, 7) is 3.46. The highest BCUT2D eigenvalue weighted by atomic mass is 32.2. The molecule has 1 aromatic carbocycles. The summed E-state index contributed by atoms with van der Waals surface area (Å²) < 4.78 is 26.6. The van der Waals surface area contributed by atoms with Crippen LogP contribution >= 0.6 is 23.1 Å². The van der Waals surface area contributed by atoms with Crippen LogP contribution in [0.3, 0.4) is 0 Å². The number of hydrogen-bond donors (Lipinski definition) is 2. The van der Waals surface area contributed by atoms with Crippen molar-refractivity contribution in [1.29, 1.82) is 0 Å². The Labute approximate surface area is 143 Å². The summed E-state index contributed by atoms with van der Waals surface area (Å²) in [4.78, 5) is 17.9. The van der Waals surface area contributed by atoms with E-state index in [2.05, 4.69) is 4.98 Å². The molecule has 3 N–H and O–H groups in total. The Hall–Kier alpha value is -1.42. The molecule has 2 rings (SSSR count). The molecule has 6 nitrogen and oxygen atoms in total. The highest BCUT2D eigenvalue weighted by Gasteiger charge is 2.23. The summed E-state index contributed by atoms with van der Waals surface area (Å²) in [6.07, 6.45) is 1.90. The Bertz CT molecular complexity index is 812. The van der Waals surface area contributed by atoms with Gasteiger partial charge in [0.05, 0.1) is 10.9 Å². The molecule has 9 heteroatoms. The fourth-order valence-corrected chi connectivity index (χ4v) is 4.04. The van der Waals surface area contributed by atoms with Gasteiger partial charge in [-0.05, 0) is 44.4 Å². The Kier molecular flexibility index (Phi) is 5.45. The fraction of sp³-hybridized carbons (Fsp3) is 0.286. The van der Waals surface area contributed by atoms with Gasteiger partial charge in [-0.1, -0.05) is 0 Å². The van der Waals surface area contributed by atoms with Gasteiger partial charge in [-0.2, -0.15) is 0 Å². The standard InChI is InChI=1S/C14H17N3O3S3/c1-8(15)14-16-12(9(2)22-14)13(18)17-23(19,20)11-6-4-10(21-3)5-7-11/h4-8H,15H2,1-3H3,(H,17,18). The van der Waals surface area contributed by atoms with Crippen LogP contribution in [0.25, 0.3) is 0 Å². The van der Waals surface area contributed by atoms with E-state index in [1.54, 1.807) is 26.0 Å². The second-order valence-corrected chi connectivity index (χ2v) is 8.65. The average Bonchev–Trinajstić information content (AvgIpc) is 2.89. The van der Waals surface area contributed by atoms with E-state index in [1.807, 2.05) is 11.0 Å². The second-order valence-electron chi connectivity index (χ2n) is 4.86. The molecule has 0 aliphatic carbocycles. The predicted octanol–water partition coefficient (Wildman–Crippen LogP) is 2.31. The van der Waals surface area contributed by atoms with Gasteiger partial charge in [0.15, 0.2) is 0 Å². The first-order valence-electron chi connectivity index (χ1n) is 6.68. The van der Waals surface area contributed by atoms with E-state index in [0.717, 1.165) is 4.90 Å². The number of carbonyl (C=O) groups is 1. The minimum absolute atomic E-state index is 0.0314. The number of amides is 1. The number of nitrogens with two attached hydrogens (primary N) is 1. The Morgan fingerprint density at radius 1 is 1.35 bits per heavy atom. The SMILES string of the molecule is CSc1ccc(S(=O)(=O)NC(=O)c2nc(C(C)N)sc2C)cc1. The maximum Gasteiger partial charge on any atom is 0.284 e. The number of nitrogens with zero attached hydrogens (tertiary/aromatic N) is 1. The number of aryl methyl sites for hydroxylation is 1. The number of rotatable bonds is 5. The van der Waals surface area contributed by atoms with Crippen molar-refractivity contribution in [3.63, 3.8) is 0 Å². The van der Waals surface area contributed by atoms with Crippen LogP contribution in [0.1, 0.15) is 33.3 Å². The number of thiazole rings is 1. The summed E-state index contributed by atoms with van der Waals surface area (Å²) in [7, 11) is -3.94. The zero-order valence-electron chi connectivity index (χ0n) is 12.9. The largest absolute Gasteiger partial charge is 0.322 e. The van der Waals surface area contributed by atoms with E-state index < -0.39 is 15.9 Å². The lowest BCUT2D eigenvalue weighted by Crippen LogP contribution is -2.31. The number of sulfonamides is 1. The molecule has 0 bridgehead atoms. The molecular weight excluding hydrogens is 354 g/mol. The van der Waals surface area contributed by atoms with Gasteiger partial charge >= 0.3 is 0 Å². The molecule has 1 heterocycles. The minimum Gasteiger partial charge on any atom is -0.322 e. The van der Waals surface area contributed by atoms with Crippen LogP contribution in [0.2, 0.25) is 0 Å². The molecule has 124 valence electrons. The van der Waals surface area contributed by atoms with Crippen molar-refractivity contribution in [2.75, 3.05) is 6.26 Å². The molecule has 0 spiro atoms. The summed E-state index contributed by atoms with van der Waals surface area (Å²) in [5, 5.41) is 0.592. The monoisotopic (exact) mass is 371 g/mol. The summed E-state index contributed by atoms with van der Waals surface area (Å²) in [5.41, 5.74) is 5.83. The second kappa shape index (κ2) is 7.00. The first-order chi connectivity index (χ1) is 10.7. The Balaban J connectivity index is 2.24. The number of benzene rings is 1. The van der Waals surface area contributed by atoms with E-state index in [0.29, 0.717) is 9.88 Å². The van der Waals surface area contributed by atoms with Gasteiger partial charge in [0.25, 0.3) is 15.9 Å². The maximum atomic E-state index is 12.3. The van der Waals surface area contributed by atoms with Crippen molar-refractivity contribution in [2.45, 2.75) is 29.7 Å². The minimum atomic E-state index is -3.94. The first kappa shape index (κ1) is 17.9. The summed E-state index contributed by atoms with van der Waals surface area (Å²) in [5.74, 6) is -0.750. The maximum absolute atomic E-state index is 12.3. The summed E-state index contributed by atoms with van der Waals surface area (Å²) in [6, 6.07) is 5.99. The highest BCUT2D eigenvalue weighted by molar-refractivity contribution is 7.98. The predicted molar refractivity (Wildman–Crippen MR) is 92.3 cm³/mol. The third-order valence-corrected chi connectivity index (χ3v) is 6.28. The van der Waals surface area contributed by atoms with Gasteiger partial charge in [-0.3, -0.25) is 4.79 Å². The van der Waals surface area contributed by atoms with Gasteiger partial charge in [-0.15, -0.1) is 23.1 Å². The van der Waals surface area contributed by atoms with Crippen LogP contribution in [0.5, 0.6) is 0 Å². The van der Waals surface area contributed by atoms with Crippen molar-refractivity contribution in [1.82, 2.24) is 9.71 Å². The third-order valence-electron chi connectivity index (χ3n) is 3.01. The lowest BCUT2D eigenvalue weighted by atomic mass is 10.3. The lowest BCUT2D eigenvalue weighted by molar-refractivity contribution is 0.0976. The molecule has 1 atom stereocenters. The van der Waals surface area contributed by atoms with Crippen LogP contribution in [-0.4, -0.2) is 25.6 Å². The topological polar surface area (TPSA) is 102 Å². The van der Waals surface area contributed by atoms with Crippen LogP contribution in [0.4, 0.5) is 0 Å². The van der Waals surface area contributed by atoms with Gasteiger partial charge in [0.1, 0.15) is 10.7 Å². The zero-order valence-corrected chi connectivity index (χ0v) is 15.3. The van der Waals surface area contributed by atoms with Crippen molar-refractivity contribution < 1.29 is 13.2 Å². The summed E-state index contributed by atoms with van der Waals surface area (Å²) >= 11 is 2.79. The molecule has 0 saturated carbocycles. The molecule has 1 aromatic heterocycles. The number of carbonyl (C=O) groups excluding carboxylic acids is 1. The smallest absolute Gasteiger partial charge is 0.284 e. The fourth-order valence-electron chi connectivity index (χ4n) is 1.81. The van der Waals surface area contributed by atoms with Gasteiger partial charge in [0, 0.05) is 9.77 Å². The van der Waals surface area contributed by atoms with Crippen molar-refractivity contribution in [3.8, 4) is 0 Å². The normalized spacial score (nSPS) is 12.9. The quantitative estimate of drug-likeness (QED) is 0.782. The molecule has 1 amide bonds. The van der Waals surface area contributed by atoms with Crippen LogP contribution < -0.4 is 10.5 Å². The molecule has 1 unspecified atom stereocenters. The molecule has 23 heavy (non-hydrogen) atoms. The van der Waals surface area contributed by atoms with E-state index in [9.17, 15) is 13.2 Å². The van der Waals surface area contributed by atoms with Crippen LogP contribution in [0, 0.1) is 6.92 Å². The van der Waals surface area contributed by atoms with Crippen LogP contribution in [0.15, 0.2) is 34.1 Å². The Morgan fingerprint density at radius 3 is 2.43 bits per heavy atom. The third kappa shape index (κ3) is 4.11. The van der Waals surface area contributed by atoms with E-state index in [4.69, 9.17) is 5.73 Å². The van der Waals surface area contributed by atoms with E-state index in [-0.39, 0.29) is 16.6 Å². The highest BCUT2D eigenvalue weighted by Crippen LogP contribution is 2.22. The molecular formula is C14H17N3O3S3. The number of aromatic nitrogens is 1. The van der Waals surface area contributed by atoms with Crippen molar-refractivity contribution in [2.24, 2.45) is 5.73 Å². The van der Waals surface area contributed by atoms with Gasteiger partial charge in [-0.25, -0.2) is 18.1 Å². The first-order valence-corrected chi connectivity index (χ1v) is 10.2. The molecule has 0 aliphatic rings. The zero-order chi connectivity index (χ0) is 17.2. The average molecular weight is 372 g/mol. The van der Waals surface area contributed by atoms with E-state index >= 15 is 0 Å². The molecule has 0 radical (unpaired) electrons. The van der Waals surface area contributed by atoms with E-state index in [1.165, 1.54) is 35.2 Å². The van der Waals surface area contributed by atoms with Gasteiger partial charge in [0.2, 0.25) is 0 Å². The van der Waals surface area contributed by atoms with Gasteiger partial charge < -0.3 is 5.73 Å². The number of thioether (sulfide) groups is 1. The Morgan fingerprint density at radius 2 is 1.96 bits per heavy atom.